The zero-order valence-electron chi connectivity index (χ0n) is 9.93. The second-order valence-electron chi connectivity index (χ2n) is 4.22. The van der Waals surface area contributed by atoms with Gasteiger partial charge in [0.2, 0.25) is 0 Å². The minimum absolute atomic E-state index is 0.127. The number of ether oxygens (including phenoxy) is 1. The van der Waals surface area contributed by atoms with Crippen LogP contribution in [0.5, 0.6) is 0 Å². The van der Waals surface area contributed by atoms with Crippen molar-refractivity contribution in [2.75, 3.05) is 0 Å². The fraction of sp³-hybridized carbons (Fsp3) is 0.462. The molecule has 3 heteroatoms. The second-order valence-corrected chi connectivity index (χ2v) is 4.22. The van der Waals surface area contributed by atoms with Crippen molar-refractivity contribution < 1.29 is 14.6 Å². The highest BCUT2D eigenvalue weighted by atomic mass is 16.5. The molecule has 0 aromatic heterocycles. The first-order chi connectivity index (χ1) is 7.52. The first-order valence-electron chi connectivity index (χ1n) is 5.45. The van der Waals surface area contributed by atoms with Crippen molar-refractivity contribution in [1.82, 2.24) is 0 Å². The molecular weight excluding hydrogens is 204 g/mol. The van der Waals surface area contributed by atoms with Crippen molar-refractivity contribution in [3.63, 3.8) is 0 Å². The predicted octanol–water partition coefficient (Wildman–Crippen LogP) is 2.95. The summed E-state index contributed by atoms with van der Waals surface area (Å²) in [6, 6.07) is 6.93. The van der Waals surface area contributed by atoms with Crippen LogP contribution >= 0.6 is 0 Å². The molecule has 1 atom stereocenters. The Labute approximate surface area is 96.1 Å². The number of aromatic carboxylic acids is 1. The fourth-order valence-corrected chi connectivity index (χ4v) is 1.27. The third-order valence-electron chi connectivity index (χ3n) is 2.69. The van der Waals surface area contributed by atoms with Gasteiger partial charge in [0.1, 0.15) is 0 Å². The molecule has 0 bridgehead atoms. The first-order valence-corrected chi connectivity index (χ1v) is 5.45. The fourth-order valence-electron chi connectivity index (χ4n) is 1.27. The summed E-state index contributed by atoms with van der Waals surface area (Å²) in [4.78, 5) is 10.9. The molecule has 0 radical (unpaired) electrons. The molecule has 0 spiro atoms. The Bertz CT molecular complexity index is 358. The lowest BCUT2D eigenvalue weighted by Crippen LogP contribution is -2.16. The van der Waals surface area contributed by atoms with E-state index in [-0.39, 0.29) is 6.10 Å². The first kappa shape index (κ1) is 12.7. The van der Waals surface area contributed by atoms with Crippen LogP contribution in [0.15, 0.2) is 24.3 Å². The minimum Gasteiger partial charge on any atom is -0.478 e. The van der Waals surface area contributed by atoms with E-state index < -0.39 is 5.97 Å². The van der Waals surface area contributed by atoms with Gasteiger partial charge < -0.3 is 9.84 Å². The molecule has 1 aromatic rings. The molecule has 0 saturated heterocycles. The van der Waals surface area contributed by atoms with Gasteiger partial charge in [0, 0.05) is 0 Å². The number of rotatable bonds is 5. The maximum Gasteiger partial charge on any atom is 0.336 e. The molecule has 16 heavy (non-hydrogen) atoms. The van der Waals surface area contributed by atoms with Crippen LogP contribution in [0.1, 0.15) is 36.7 Å². The predicted molar refractivity (Wildman–Crippen MR) is 62.5 cm³/mol. The van der Waals surface area contributed by atoms with E-state index >= 15 is 0 Å². The Kier molecular flexibility index (Phi) is 4.50. The van der Waals surface area contributed by atoms with Crippen LogP contribution in [0.4, 0.5) is 0 Å². The number of benzene rings is 1. The number of carboxylic acid groups (broad SMARTS) is 1. The molecule has 0 aliphatic carbocycles. The summed E-state index contributed by atoms with van der Waals surface area (Å²) in [7, 11) is 0. The zero-order valence-corrected chi connectivity index (χ0v) is 9.93. The van der Waals surface area contributed by atoms with Crippen molar-refractivity contribution in [3.8, 4) is 0 Å². The normalized spacial score (nSPS) is 12.8. The highest BCUT2D eigenvalue weighted by molar-refractivity contribution is 5.89. The Morgan fingerprint density at radius 1 is 1.31 bits per heavy atom. The molecule has 1 N–H and O–H groups in total. The van der Waals surface area contributed by atoms with E-state index in [1.165, 1.54) is 0 Å². The van der Waals surface area contributed by atoms with Gasteiger partial charge in [-0.1, -0.05) is 32.0 Å². The van der Waals surface area contributed by atoms with Crippen LogP contribution in [0.25, 0.3) is 0 Å². The molecule has 0 saturated carbocycles. The van der Waals surface area contributed by atoms with Gasteiger partial charge in [0.05, 0.1) is 18.3 Å². The van der Waals surface area contributed by atoms with Crippen LogP contribution in [0.2, 0.25) is 0 Å². The number of hydrogen-bond donors (Lipinski definition) is 1. The maximum atomic E-state index is 10.9. The molecule has 0 aliphatic heterocycles. The van der Waals surface area contributed by atoms with E-state index in [1.54, 1.807) is 18.2 Å². The molecular formula is C13H18O3. The zero-order chi connectivity index (χ0) is 12.1. The quantitative estimate of drug-likeness (QED) is 0.833. The van der Waals surface area contributed by atoms with Crippen molar-refractivity contribution in [1.29, 1.82) is 0 Å². The monoisotopic (exact) mass is 222 g/mol. The van der Waals surface area contributed by atoms with Crippen molar-refractivity contribution in [2.24, 2.45) is 5.92 Å². The Morgan fingerprint density at radius 3 is 2.50 bits per heavy atom. The van der Waals surface area contributed by atoms with E-state index in [9.17, 15) is 4.79 Å². The third kappa shape index (κ3) is 3.35. The smallest absolute Gasteiger partial charge is 0.336 e. The largest absolute Gasteiger partial charge is 0.478 e. The lowest BCUT2D eigenvalue weighted by Gasteiger charge is -2.17. The summed E-state index contributed by atoms with van der Waals surface area (Å²) < 4.78 is 5.62. The minimum atomic E-state index is -0.906. The van der Waals surface area contributed by atoms with E-state index in [2.05, 4.69) is 13.8 Å². The van der Waals surface area contributed by atoms with Gasteiger partial charge >= 0.3 is 5.97 Å². The Balaban J connectivity index is 2.70. The Hall–Kier alpha value is -1.35. The summed E-state index contributed by atoms with van der Waals surface area (Å²) in [5.41, 5.74) is 1.04. The molecule has 0 heterocycles. The van der Waals surface area contributed by atoms with Crippen LogP contribution in [0, 0.1) is 5.92 Å². The maximum absolute atomic E-state index is 10.9. The summed E-state index contributed by atoms with van der Waals surface area (Å²) in [6.07, 6.45) is 0.127. The number of hydrogen-bond acceptors (Lipinski definition) is 2. The van der Waals surface area contributed by atoms with E-state index in [0.29, 0.717) is 18.1 Å². The molecule has 1 rings (SSSR count). The molecule has 0 fully saturated rings. The SMILES string of the molecule is CC(C)C(C)OCc1ccccc1C(=O)O. The van der Waals surface area contributed by atoms with Crippen LogP contribution in [-0.2, 0) is 11.3 Å². The van der Waals surface area contributed by atoms with Crippen molar-refractivity contribution >= 4 is 5.97 Å². The standard InChI is InChI=1S/C13H18O3/c1-9(2)10(3)16-8-11-6-4-5-7-12(11)13(14)15/h4-7,9-10H,8H2,1-3H3,(H,14,15). The van der Waals surface area contributed by atoms with Gasteiger partial charge in [-0.15, -0.1) is 0 Å². The topological polar surface area (TPSA) is 46.5 Å². The van der Waals surface area contributed by atoms with E-state index in [0.717, 1.165) is 5.56 Å². The Morgan fingerprint density at radius 2 is 1.94 bits per heavy atom. The van der Waals surface area contributed by atoms with Gasteiger partial charge in [-0.3, -0.25) is 0 Å². The lowest BCUT2D eigenvalue weighted by molar-refractivity contribution is 0.0227. The molecule has 1 unspecified atom stereocenters. The van der Waals surface area contributed by atoms with E-state index in [4.69, 9.17) is 9.84 Å². The van der Waals surface area contributed by atoms with Gasteiger partial charge in [0.25, 0.3) is 0 Å². The van der Waals surface area contributed by atoms with Gasteiger partial charge in [-0.05, 0) is 24.5 Å². The molecule has 88 valence electrons. The lowest BCUT2D eigenvalue weighted by atomic mass is 10.1. The molecule has 0 aliphatic rings. The van der Waals surface area contributed by atoms with Crippen molar-refractivity contribution in [2.45, 2.75) is 33.5 Å². The highest BCUT2D eigenvalue weighted by Gasteiger charge is 2.12. The number of carbonyl (C=O) groups is 1. The summed E-state index contributed by atoms with van der Waals surface area (Å²) in [6.45, 7) is 6.50. The molecule has 3 nitrogen and oxygen atoms in total. The molecule has 1 aromatic carbocycles. The highest BCUT2D eigenvalue weighted by Crippen LogP contribution is 2.13. The van der Waals surface area contributed by atoms with Crippen LogP contribution in [-0.4, -0.2) is 17.2 Å². The summed E-state index contributed by atoms with van der Waals surface area (Å²) in [5, 5.41) is 8.98. The van der Waals surface area contributed by atoms with Crippen LogP contribution in [0.3, 0.4) is 0 Å². The summed E-state index contributed by atoms with van der Waals surface area (Å²) >= 11 is 0. The van der Waals surface area contributed by atoms with Crippen LogP contribution < -0.4 is 0 Å². The van der Waals surface area contributed by atoms with Crippen molar-refractivity contribution in [3.05, 3.63) is 35.4 Å². The van der Waals surface area contributed by atoms with E-state index in [1.807, 2.05) is 13.0 Å². The summed E-state index contributed by atoms with van der Waals surface area (Å²) in [5.74, 6) is -0.478. The average Bonchev–Trinajstić information content (AvgIpc) is 2.25. The second kappa shape index (κ2) is 5.66. The third-order valence-corrected chi connectivity index (χ3v) is 2.69. The van der Waals surface area contributed by atoms with Gasteiger partial charge in [-0.25, -0.2) is 4.79 Å². The van der Waals surface area contributed by atoms with Gasteiger partial charge in [0.15, 0.2) is 0 Å². The van der Waals surface area contributed by atoms with Gasteiger partial charge in [-0.2, -0.15) is 0 Å². The number of carboxylic acids is 1. The average molecular weight is 222 g/mol. The molecule has 0 amide bonds.